The van der Waals surface area contributed by atoms with E-state index in [1.165, 1.54) is 23.9 Å². The van der Waals surface area contributed by atoms with Crippen LogP contribution < -0.4 is 10.1 Å². The van der Waals surface area contributed by atoms with Crippen LogP contribution in [0.3, 0.4) is 0 Å². The highest BCUT2D eigenvalue weighted by Crippen LogP contribution is 2.30. The molecule has 0 fully saturated rings. The molecule has 0 unspecified atom stereocenters. The van der Waals surface area contributed by atoms with Crippen LogP contribution in [0.15, 0.2) is 23.2 Å². The Kier molecular flexibility index (Phi) is 6.88. The SMILES string of the molecule is CCC(CC)Oc1ccc(F)cc1N=C(NC#N)SC. The topological polar surface area (TPSA) is 57.4 Å². The fraction of sp³-hybridized carbons (Fsp3) is 0.429. The van der Waals surface area contributed by atoms with E-state index >= 15 is 0 Å². The van der Waals surface area contributed by atoms with Gasteiger partial charge in [0, 0.05) is 6.07 Å². The number of ether oxygens (including phenoxy) is 1. The Balaban J connectivity index is 3.10. The van der Waals surface area contributed by atoms with Crippen LogP contribution in [-0.2, 0) is 0 Å². The van der Waals surface area contributed by atoms with Gasteiger partial charge in [-0.15, -0.1) is 0 Å². The van der Waals surface area contributed by atoms with E-state index < -0.39 is 5.82 Å². The van der Waals surface area contributed by atoms with Gasteiger partial charge in [-0.25, -0.2) is 9.38 Å². The number of halogens is 1. The molecular formula is C14H18FN3OS. The van der Waals surface area contributed by atoms with Crippen LogP contribution in [0, 0.1) is 17.3 Å². The minimum atomic E-state index is -0.391. The summed E-state index contributed by atoms with van der Waals surface area (Å²) in [7, 11) is 0. The predicted octanol–water partition coefficient (Wildman–Crippen LogP) is 3.81. The lowest BCUT2D eigenvalue weighted by Gasteiger charge is -2.17. The van der Waals surface area contributed by atoms with Gasteiger partial charge in [0.05, 0.1) is 6.10 Å². The summed E-state index contributed by atoms with van der Waals surface area (Å²) in [6.45, 7) is 4.07. The highest BCUT2D eigenvalue weighted by Gasteiger charge is 2.11. The second kappa shape index (κ2) is 8.43. The largest absolute Gasteiger partial charge is 0.488 e. The molecule has 108 valence electrons. The molecule has 0 atom stereocenters. The number of benzene rings is 1. The molecule has 0 aromatic heterocycles. The van der Waals surface area contributed by atoms with E-state index in [9.17, 15) is 4.39 Å². The van der Waals surface area contributed by atoms with Gasteiger partial charge in [-0.05, 0) is 31.2 Å². The number of rotatable bonds is 5. The highest BCUT2D eigenvalue weighted by atomic mass is 32.2. The van der Waals surface area contributed by atoms with Crippen molar-refractivity contribution in [1.82, 2.24) is 5.32 Å². The predicted molar refractivity (Wildman–Crippen MR) is 80.8 cm³/mol. The highest BCUT2D eigenvalue weighted by molar-refractivity contribution is 8.13. The van der Waals surface area contributed by atoms with E-state index in [1.54, 1.807) is 18.5 Å². The number of amidine groups is 1. The number of hydrogen-bond acceptors (Lipinski definition) is 4. The van der Waals surface area contributed by atoms with E-state index in [0.717, 1.165) is 12.8 Å². The van der Waals surface area contributed by atoms with Crippen molar-refractivity contribution >= 4 is 22.6 Å². The molecule has 0 aliphatic heterocycles. The molecule has 1 N–H and O–H groups in total. The molecule has 0 saturated heterocycles. The molecule has 1 aromatic rings. The van der Waals surface area contributed by atoms with Crippen LogP contribution in [0.2, 0.25) is 0 Å². The molecule has 20 heavy (non-hydrogen) atoms. The van der Waals surface area contributed by atoms with E-state index in [2.05, 4.69) is 10.3 Å². The Labute approximate surface area is 123 Å². The maximum absolute atomic E-state index is 13.4. The standard InChI is InChI=1S/C14H18FN3OS/c1-4-11(5-2)19-13-7-6-10(15)8-12(13)18-14(20-3)17-9-16/h6-8,11H,4-5H2,1-3H3,(H,17,18). The number of nitrogens with one attached hydrogen (secondary N) is 1. The summed E-state index contributed by atoms with van der Waals surface area (Å²) in [6.07, 6.45) is 5.38. The summed E-state index contributed by atoms with van der Waals surface area (Å²) in [5.41, 5.74) is 0.379. The van der Waals surface area contributed by atoms with Crippen LogP contribution in [0.4, 0.5) is 10.1 Å². The van der Waals surface area contributed by atoms with E-state index in [0.29, 0.717) is 16.6 Å². The maximum atomic E-state index is 13.4. The van der Waals surface area contributed by atoms with Crippen molar-refractivity contribution < 1.29 is 9.13 Å². The third-order valence-electron chi connectivity index (χ3n) is 2.70. The molecule has 1 aromatic carbocycles. The molecule has 0 spiro atoms. The summed E-state index contributed by atoms with van der Waals surface area (Å²) in [5, 5.41) is 11.5. The average molecular weight is 295 g/mol. The summed E-state index contributed by atoms with van der Waals surface area (Å²) in [4.78, 5) is 4.23. The summed E-state index contributed by atoms with van der Waals surface area (Å²) >= 11 is 1.27. The van der Waals surface area contributed by atoms with Crippen molar-refractivity contribution in [3.63, 3.8) is 0 Å². The minimum Gasteiger partial charge on any atom is -0.488 e. The van der Waals surface area contributed by atoms with E-state index in [-0.39, 0.29) is 6.10 Å². The van der Waals surface area contributed by atoms with Gasteiger partial charge in [0.15, 0.2) is 11.4 Å². The third-order valence-corrected chi connectivity index (χ3v) is 3.28. The van der Waals surface area contributed by atoms with Crippen LogP contribution in [0.25, 0.3) is 0 Å². The van der Waals surface area contributed by atoms with Gasteiger partial charge >= 0.3 is 0 Å². The second-order valence-corrected chi connectivity index (χ2v) is 4.82. The Morgan fingerprint density at radius 3 is 2.75 bits per heavy atom. The Morgan fingerprint density at radius 1 is 1.50 bits per heavy atom. The van der Waals surface area contributed by atoms with Gasteiger partial charge in [0.25, 0.3) is 0 Å². The van der Waals surface area contributed by atoms with Crippen molar-refractivity contribution in [3.8, 4) is 11.9 Å². The molecule has 0 amide bonds. The molecule has 1 rings (SSSR count). The van der Waals surface area contributed by atoms with Gasteiger partial charge in [-0.3, -0.25) is 5.32 Å². The van der Waals surface area contributed by atoms with Gasteiger partial charge in [-0.2, -0.15) is 5.26 Å². The fourth-order valence-electron chi connectivity index (χ4n) is 1.59. The smallest absolute Gasteiger partial charge is 0.183 e. The summed E-state index contributed by atoms with van der Waals surface area (Å²) < 4.78 is 19.2. The number of aliphatic imine (C=N–C) groups is 1. The van der Waals surface area contributed by atoms with Crippen molar-refractivity contribution in [2.75, 3.05) is 6.26 Å². The average Bonchev–Trinajstić information content (AvgIpc) is 2.46. The lowest BCUT2D eigenvalue weighted by molar-refractivity contribution is 0.193. The lowest BCUT2D eigenvalue weighted by atomic mass is 10.2. The zero-order chi connectivity index (χ0) is 15.0. The molecule has 0 radical (unpaired) electrons. The molecule has 0 saturated carbocycles. The molecule has 0 aliphatic carbocycles. The quantitative estimate of drug-likeness (QED) is 0.388. The summed E-state index contributed by atoms with van der Waals surface area (Å²) in [6, 6.07) is 4.21. The van der Waals surface area contributed by atoms with Crippen molar-refractivity contribution in [1.29, 1.82) is 5.26 Å². The van der Waals surface area contributed by atoms with Gasteiger partial charge in [0.1, 0.15) is 17.3 Å². The molecule has 0 heterocycles. The third kappa shape index (κ3) is 4.74. The fourth-order valence-corrected chi connectivity index (χ4v) is 1.93. The van der Waals surface area contributed by atoms with E-state index in [1.807, 2.05) is 13.8 Å². The number of hydrogen-bond donors (Lipinski definition) is 1. The molecule has 0 bridgehead atoms. The lowest BCUT2D eigenvalue weighted by Crippen LogP contribution is -2.15. The van der Waals surface area contributed by atoms with Gasteiger partial charge < -0.3 is 4.74 Å². The minimum absolute atomic E-state index is 0.0658. The van der Waals surface area contributed by atoms with Crippen molar-refractivity contribution in [2.24, 2.45) is 4.99 Å². The number of thioether (sulfide) groups is 1. The first-order valence-corrected chi connectivity index (χ1v) is 7.61. The van der Waals surface area contributed by atoms with Crippen LogP contribution in [0.1, 0.15) is 26.7 Å². The molecule has 6 heteroatoms. The van der Waals surface area contributed by atoms with Crippen LogP contribution >= 0.6 is 11.8 Å². The summed E-state index contributed by atoms with van der Waals surface area (Å²) in [5.74, 6) is 0.129. The first-order valence-electron chi connectivity index (χ1n) is 6.38. The Hall–Kier alpha value is -1.74. The van der Waals surface area contributed by atoms with Crippen molar-refractivity contribution in [2.45, 2.75) is 32.8 Å². The van der Waals surface area contributed by atoms with Crippen LogP contribution in [-0.4, -0.2) is 17.5 Å². The molecule has 4 nitrogen and oxygen atoms in total. The van der Waals surface area contributed by atoms with Gasteiger partial charge in [0.2, 0.25) is 0 Å². The Morgan fingerprint density at radius 2 is 2.20 bits per heavy atom. The Bertz CT molecular complexity index is 510. The first kappa shape index (κ1) is 16.3. The molecule has 0 aliphatic rings. The van der Waals surface area contributed by atoms with E-state index in [4.69, 9.17) is 10.00 Å². The molecular weight excluding hydrogens is 277 g/mol. The number of nitriles is 1. The maximum Gasteiger partial charge on any atom is 0.183 e. The number of nitrogens with zero attached hydrogens (tertiary/aromatic N) is 2. The monoisotopic (exact) mass is 295 g/mol. The normalized spacial score (nSPS) is 11.3. The zero-order valence-electron chi connectivity index (χ0n) is 11.8. The van der Waals surface area contributed by atoms with Crippen LogP contribution in [0.5, 0.6) is 5.75 Å². The van der Waals surface area contributed by atoms with Crippen molar-refractivity contribution in [3.05, 3.63) is 24.0 Å². The van der Waals surface area contributed by atoms with Gasteiger partial charge in [-0.1, -0.05) is 25.6 Å². The first-order chi connectivity index (χ1) is 9.64. The zero-order valence-corrected chi connectivity index (χ0v) is 12.6. The second-order valence-electron chi connectivity index (χ2n) is 4.03.